The van der Waals surface area contributed by atoms with Crippen LogP contribution in [0.25, 0.3) is 0 Å². The molecule has 0 saturated carbocycles. The molecule has 2 rings (SSSR count). The first kappa shape index (κ1) is 21.9. The maximum atomic E-state index is 12.6. The normalized spacial score (nSPS) is 11.5. The molecule has 2 aromatic rings. The van der Waals surface area contributed by atoms with Crippen molar-refractivity contribution in [2.75, 3.05) is 6.54 Å². The van der Waals surface area contributed by atoms with Crippen molar-refractivity contribution in [1.29, 1.82) is 0 Å². The molecule has 9 heteroatoms. The molecule has 0 unspecified atom stereocenters. The minimum atomic E-state index is -4.39. The molecule has 0 spiro atoms. The second-order valence-electron chi connectivity index (χ2n) is 6.77. The Morgan fingerprint density at radius 1 is 1.14 bits per heavy atom. The molecule has 1 aromatic carbocycles. The van der Waals surface area contributed by atoms with E-state index in [0.29, 0.717) is 33.6 Å². The van der Waals surface area contributed by atoms with E-state index in [4.69, 9.17) is 0 Å². The van der Waals surface area contributed by atoms with Crippen LogP contribution in [0.1, 0.15) is 45.3 Å². The van der Waals surface area contributed by atoms with Gasteiger partial charge in [0.15, 0.2) is 0 Å². The lowest BCUT2D eigenvalue weighted by Gasteiger charge is -2.08. The van der Waals surface area contributed by atoms with Crippen LogP contribution in [0.15, 0.2) is 24.3 Å². The fourth-order valence-electron chi connectivity index (χ4n) is 2.33. The van der Waals surface area contributed by atoms with Gasteiger partial charge in [-0.05, 0) is 30.5 Å². The van der Waals surface area contributed by atoms with E-state index < -0.39 is 11.7 Å². The van der Waals surface area contributed by atoms with Gasteiger partial charge in [-0.2, -0.15) is 13.2 Å². The topological polar surface area (TPSA) is 71.1 Å². The summed E-state index contributed by atoms with van der Waals surface area (Å²) in [6.45, 7) is 6.37. The summed E-state index contributed by atoms with van der Waals surface area (Å²) < 4.78 is 37.7. The van der Waals surface area contributed by atoms with Gasteiger partial charge in [-0.1, -0.05) is 26.0 Å². The smallest absolute Gasteiger partial charge is 0.352 e. The number of aryl methyl sites for hydroxylation is 1. The van der Waals surface area contributed by atoms with Crippen molar-refractivity contribution in [3.05, 3.63) is 51.0 Å². The minimum Gasteiger partial charge on any atom is -0.352 e. The molecule has 0 saturated heterocycles. The third kappa shape index (κ3) is 6.33. The van der Waals surface area contributed by atoms with Crippen molar-refractivity contribution in [2.45, 2.75) is 39.9 Å². The van der Waals surface area contributed by atoms with Crippen molar-refractivity contribution < 1.29 is 22.8 Å². The lowest BCUT2D eigenvalue weighted by Crippen LogP contribution is -2.27. The number of nitrogens with zero attached hydrogens (tertiary/aromatic N) is 1. The van der Waals surface area contributed by atoms with Crippen LogP contribution in [-0.2, 0) is 23.9 Å². The summed E-state index contributed by atoms with van der Waals surface area (Å²) in [7, 11) is 0. The second-order valence-corrected chi connectivity index (χ2v) is 7.86. The molecule has 2 amide bonds. The van der Waals surface area contributed by atoms with Gasteiger partial charge in [-0.15, -0.1) is 11.3 Å². The Kier molecular flexibility index (Phi) is 7.17. The molecule has 1 aromatic heterocycles. The van der Waals surface area contributed by atoms with E-state index in [9.17, 15) is 22.8 Å². The van der Waals surface area contributed by atoms with Crippen LogP contribution in [0.3, 0.4) is 0 Å². The van der Waals surface area contributed by atoms with Crippen molar-refractivity contribution in [3.8, 4) is 0 Å². The molecule has 2 N–H and O–H groups in total. The van der Waals surface area contributed by atoms with Gasteiger partial charge in [0.1, 0.15) is 9.88 Å². The maximum absolute atomic E-state index is 12.6. The van der Waals surface area contributed by atoms with Crippen LogP contribution in [0.2, 0.25) is 0 Å². The molecule has 28 heavy (non-hydrogen) atoms. The summed E-state index contributed by atoms with van der Waals surface area (Å²) >= 11 is 1.16. The van der Waals surface area contributed by atoms with Crippen LogP contribution in [0.4, 0.5) is 13.2 Å². The van der Waals surface area contributed by atoms with Gasteiger partial charge in [-0.25, -0.2) is 4.98 Å². The molecule has 1 heterocycles. The van der Waals surface area contributed by atoms with Crippen molar-refractivity contribution in [3.63, 3.8) is 0 Å². The van der Waals surface area contributed by atoms with E-state index in [1.165, 1.54) is 12.1 Å². The van der Waals surface area contributed by atoms with E-state index in [2.05, 4.69) is 15.6 Å². The predicted molar refractivity (Wildman–Crippen MR) is 101 cm³/mol. The Morgan fingerprint density at radius 2 is 1.79 bits per heavy atom. The Bertz CT molecular complexity index is 830. The summed E-state index contributed by atoms with van der Waals surface area (Å²) in [6.07, 6.45) is -4.38. The highest BCUT2D eigenvalue weighted by Crippen LogP contribution is 2.29. The summed E-state index contributed by atoms with van der Waals surface area (Å²) in [6, 6.07) is 4.61. The van der Waals surface area contributed by atoms with Crippen molar-refractivity contribution in [2.24, 2.45) is 5.92 Å². The fraction of sp³-hybridized carbons (Fsp3) is 0.421. The Balaban J connectivity index is 1.89. The van der Waals surface area contributed by atoms with Gasteiger partial charge in [-0.3, -0.25) is 9.59 Å². The molecule has 0 aliphatic heterocycles. The third-order valence-electron chi connectivity index (χ3n) is 3.80. The molecule has 0 atom stereocenters. The number of nitrogens with one attached hydrogen (secondary N) is 2. The quantitative estimate of drug-likeness (QED) is 0.727. The molecule has 0 fully saturated rings. The third-order valence-corrected chi connectivity index (χ3v) is 4.96. The van der Waals surface area contributed by atoms with Gasteiger partial charge in [0.25, 0.3) is 5.91 Å². The van der Waals surface area contributed by atoms with E-state index in [-0.39, 0.29) is 24.8 Å². The number of halogens is 3. The zero-order valence-electron chi connectivity index (χ0n) is 15.8. The minimum absolute atomic E-state index is 0.00357. The number of thiazole rings is 1. The van der Waals surface area contributed by atoms with Gasteiger partial charge in [0.05, 0.1) is 17.7 Å². The summed E-state index contributed by atoms with van der Waals surface area (Å²) in [4.78, 5) is 29.0. The first-order chi connectivity index (χ1) is 13.1. The van der Waals surface area contributed by atoms with Crippen LogP contribution < -0.4 is 10.6 Å². The number of aromatic nitrogens is 1. The zero-order valence-corrected chi connectivity index (χ0v) is 16.6. The first-order valence-corrected chi connectivity index (χ1v) is 9.55. The summed E-state index contributed by atoms with van der Waals surface area (Å²) in [5.74, 6) is -0.199. The molecule has 152 valence electrons. The summed E-state index contributed by atoms with van der Waals surface area (Å²) in [5.41, 5.74) is 0.395. The van der Waals surface area contributed by atoms with E-state index in [1.54, 1.807) is 6.92 Å². The molecular formula is C19H22F3N3O2S. The number of hydrogen-bond donors (Lipinski definition) is 2. The Hall–Kier alpha value is -2.42. The molecule has 5 nitrogen and oxygen atoms in total. The summed E-state index contributed by atoms with van der Waals surface area (Å²) in [5, 5.41) is 5.98. The fourth-order valence-corrected chi connectivity index (χ4v) is 3.31. The standard InChI is InChI=1S/C19H22F3N3O2S/c1-11(2)9-24-18(27)17-12(3)25-16(28-17)8-15(26)23-10-13-4-6-14(7-5-13)19(20,21)22/h4-7,11H,8-10H2,1-3H3,(H,23,26)(H,24,27). The van der Waals surface area contributed by atoms with E-state index >= 15 is 0 Å². The predicted octanol–water partition coefficient (Wildman–Crippen LogP) is 3.72. The largest absolute Gasteiger partial charge is 0.416 e. The van der Waals surface area contributed by atoms with Gasteiger partial charge < -0.3 is 10.6 Å². The molecule has 0 aliphatic rings. The van der Waals surface area contributed by atoms with Crippen LogP contribution in [0, 0.1) is 12.8 Å². The van der Waals surface area contributed by atoms with E-state index in [0.717, 1.165) is 23.5 Å². The van der Waals surface area contributed by atoms with Crippen LogP contribution in [-0.4, -0.2) is 23.3 Å². The maximum Gasteiger partial charge on any atom is 0.416 e. The number of amides is 2. The van der Waals surface area contributed by atoms with Crippen molar-refractivity contribution in [1.82, 2.24) is 15.6 Å². The number of rotatable bonds is 7. The van der Waals surface area contributed by atoms with Crippen LogP contribution in [0.5, 0.6) is 0 Å². The number of carbonyl (C=O) groups is 2. The SMILES string of the molecule is Cc1nc(CC(=O)NCc2ccc(C(F)(F)F)cc2)sc1C(=O)NCC(C)C. The van der Waals surface area contributed by atoms with E-state index in [1.807, 2.05) is 13.8 Å². The molecule has 0 radical (unpaired) electrons. The van der Waals surface area contributed by atoms with Crippen molar-refractivity contribution >= 4 is 23.2 Å². The lowest BCUT2D eigenvalue weighted by molar-refractivity contribution is -0.137. The average molecular weight is 413 g/mol. The molecular weight excluding hydrogens is 391 g/mol. The monoisotopic (exact) mass is 413 g/mol. The van der Waals surface area contributed by atoms with Gasteiger partial charge in [0, 0.05) is 13.1 Å². The highest BCUT2D eigenvalue weighted by atomic mass is 32.1. The Morgan fingerprint density at radius 3 is 2.36 bits per heavy atom. The second kappa shape index (κ2) is 9.18. The Labute approximate surface area is 165 Å². The number of benzene rings is 1. The van der Waals surface area contributed by atoms with Crippen LogP contribution >= 0.6 is 11.3 Å². The van der Waals surface area contributed by atoms with Gasteiger partial charge >= 0.3 is 6.18 Å². The average Bonchev–Trinajstić information content (AvgIpc) is 2.97. The highest BCUT2D eigenvalue weighted by molar-refractivity contribution is 7.13. The zero-order chi connectivity index (χ0) is 20.9. The molecule has 0 aliphatic carbocycles. The number of alkyl halides is 3. The lowest BCUT2D eigenvalue weighted by atomic mass is 10.1. The highest BCUT2D eigenvalue weighted by Gasteiger charge is 2.29. The first-order valence-electron chi connectivity index (χ1n) is 8.73. The number of hydrogen-bond acceptors (Lipinski definition) is 4. The molecule has 0 bridgehead atoms. The number of carbonyl (C=O) groups excluding carboxylic acids is 2. The van der Waals surface area contributed by atoms with Gasteiger partial charge in [0.2, 0.25) is 5.91 Å².